The lowest BCUT2D eigenvalue weighted by Crippen LogP contribution is -2.39. The molecule has 144 valence electrons. The highest BCUT2D eigenvalue weighted by atomic mass is 127. The first-order valence-electron chi connectivity index (χ1n) is 8.04. The molecule has 7 nitrogen and oxygen atoms in total. The van der Waals surface area contributed by atoms with Crippen LogP contribution in [0.25, 0.3) is 0 Å². The van der Waals surface area contributed by atoms with Gasteiger partial charge in [0.25, 0.3) is 0 Å². The average Bonchev–Trinajstić information content (AvgIpc) is 2.62. The molecule has 2 N–H and O–H groups in total. The quantitative estimate of drug-likeness (QED) is 0.225. The first kappa shape index (κ1) is 23.7. The van der Waals surface area contributed by atoms with E-state index in [1.807, 2.05) is 25.1 Å². The van der Waals surface area contributed by atoms with Gasteiger partial charge < -0.3 is 29.6 Å². The summed E-state index contributed by atoms with van der Waals surface area (Å²) >= 11 is 0. The molecule has 0 radical (unpaired) electrons. The summed E-state index contributed by atoms with van der Waals surface area (Å²) in [4.78, 5) is 4.57. The lowest BCUT2D eigenvalue weighted by Gasteiger charge is -2.12. The first-order chi connectivity index (χ1) is 11.7. The Labute approximate surface area is 167 Å². The molecule has 1 aromatic carbocycles. The average molecular weight is 467 g/mol. The molecule has 0 spiro atoms. The minimum Gasteiger partial charge on any atom is -0.493 e. The molecular formula is C17H30IN3O4. The molecule has 1 aromatic rings. The van der Waals surface area contributed by atoms with Crippen molar-refractivity contribution < 1.29 is 18.9 Å². The Kier molecular flexibility index (Phi) is 14.3. The number of guanidine groups is 1. The van der Waals surface area contributed by atoms with Crippen LogP contribution in [0.2, 0.25) is 0 Å². The Hall–Kier alpha value is -1.26. The molecule has 0 unspecified atom stereocenters. The highest BCUT2D eigenvalue weighted by Crippen LogP contribution is 2.27. The van der Waals surface area contributed by atoms with E-state index in [2.05, 4.69) is 15.6 Å². The molecule has 0 bridgehead atoms. The Morgan fingerprint density at radius 2 is 1.76 bits per heavy atom. The molecule has 0 aliphatic carbocycles. The van der Waals surface area contributed by atoms with Crippen LogP contribution < -0.4 is 20.1 Å². The van der Waals surface area contributed by atoms with Gasteiger partial charge in [0, 0.05) is 20.2 Å². The van der Waals surface area contributed by atoms with Crippen molar-refractivity contribution >= 4 is 29.9 Å². The molecule has 0 atom stereocenters. The summed E-state index contributed by atoms with van der Waals surface area (Å²) in [7, 11) is 4.91. The number of hydrogen-bond acceptors (Lipinski definition) is 5. The van der Waals surface area contributed by atoms with E-state index in [-0.39, 0.29) is 24.0 Å². The van der Waals surface area contributed by atoms with Gasteiger partial charge in [-0.1, -0.05) is 6.07 Å². The molecule has 0 heterocycles. The topological polar surface area (TPSA) is 73.3 Å². The van der Waals surface area contributed by atoms with Crippen molar-refractivity contribution in [3.63, 3.8) is 0 Å². The number of rotatable bonds is 11. The van der Waals surface area contributed by atoms with Crippen LogP contribution >= 0.6 is 24.0 Å². The van der Waals surface area contributed by atoms with Gasteiger partial charge in [-0.3, -0.25) is 0 Å². The van der Waals surface area contributed by atoms with E-state index in [0.717, 1.165) is 18.1 Å². The smallest absolute Gasteiger partial charge is 0.191 e. The maximum atomic E-state index is 5.42. The van der Waals surface area contributed by atoms with E-state index < -0.39 is 0 Å². The van der Waals surface area contributed by atoms with Crippen LogP contribution in [0.1, 0.15) is 12.5 Å². The monoisotopic (exact) mass is 467 g/mol. The minimum atomic E-state index is 0. The second kappa shape index (κ2) is 15.0. The van der Waals surface area contributed by atoms with Gasteiger partial charge in [0.05, 0.1) is 40.6 Å². The van der Waals surface area contributed by atoms with Gasteiger partial charge >= 0.3 is 0 Å². The molecule has 1 rings (SSSR count). The lowest BCUT2D eigenvalue weighted by atomic mass is 10.2. The van der Waals surface area contributed by atoms with Gasteiger partial charge in [-0.15, -0.1) is 24.0 Å². The Morgan fingerprint density at radius 3 is 2.40 bits per heavy atom. The highest BCUT2D eigenvalue weighted by Gasteiger charge is 2.04. The standard InChI is InChI=1S/C17H29N3O4.HI/c1-5-18-17(19-8-9-24-11-10-21-2)20-13-14-6-7-15(22-3)16(12-14)23-4;/h6-7,12H,5,8-11,13H2,1-4H3,(H2,18,19,20);1H. The number of benzene rings is 1. The number of hydrogen-bond donors (Lipinski definition) is 2. The largest absolute Gasteiger partial charge is 0.493 e. The van der Waals surface area contributed by atoms with Gasteiger partial charge in [0.2, 0.25) is 0 Å². The van der Waals surface area contributed by atoms with Crippen molar-refractivity contribution in [2.75, 3.05) is 54.2 Å². The van der Waals surface area contributed by atoms with Crippen molar-refractivity contribution in [1.29, 1.82) is 0 Å². The van der Waals surface area contributed by atoms with E-state index in [1.165, 1.54) is 0 Å². The van der Waals surface area contributed by atoms with E-state index in [1.54, 1.807) is 21.3 Å². The van der Waals surface area contributed by atoms with Gasteiger partial charge in [-0.2, -0.15) is 0 Å². The van der Waals surface area contributed by atoms with Crippen molar-refractivity contribution in [3.8, 4) is 11.5 Å². The Bertz CT molecular complexity index is 501. The number of ether oxygens (including phenoxy) is 4. The van der Waals surface area contributed by atoms with E-state index in [0.29, 0.717) is 44.4 Å². The second-order valence-corrected chi connectivity index (χ2v) is 4.92. The molecular weight excluding hydrogens is 437 g/mol. The van der Waals surface area contributed by atoms with Gasteiger partial charge in [-0.25, -0.2) is 4.99 Å². The summed E-state index contributed by atoms with van der Waals surface area (Å²) in [5.41, 5.74) is 1.04. The van der Waals surface area contributed by atoms with Gasteiger partial charge in [0.1, 0.15) is 0 Å². The maximum Gasteiger partial charge on any atom is 0.191 e. The van der Waals surface area contributed by atoms with Crippen LogP contribution in [0.3, 0.4) is 0 Å². The van der Waals surface area contributed by atoms with E-state index in [4.69, 9.17) is 18.9 Å². The molecule has 0 aliphatic heterocycles. The predicted molar refractivity (Wildman–Crippen MR) is 110 cm³/mol. The third kappa shape index (κ3) is 9.71. The number of methoxy groups -OCH3 is 3. The maximum absolute atomic E-state index is 5.42. The van der Waals surface area contributed by atoms with E-state index in [9.17, 15) is 0 Å². The Balaban J connectivity index is 0.00000576. The number of nitrogens with zero attached hydrogens (tertiary/aromatic N) is 1. The summed E-state index contributed by atoms with van der Waals surface area (Å²) in [5.74, 6) is 2.17. The zero-order valence-corrected chi connectivity index (χ0v) is 17.8. The number of aliphatic imine (C=N–C) groups is 1. The molecule has 0 saturated carbocycles. The van der Waals surface area contributed by atoms with Crippen LogP contribution in [0.4, 0.5) is 0 Å². The van der Waals surface area contributed by atoms with Crippen molar-refractivity contribution in [3.05, 3.63) is 23.8 Å². The van der Waals surface area contributed by atoms with Gasteiger partial charge in [-0.05, 0) is 24.6 Å². The zero-order chi connectivity index (χ0) is 17.6. The van der Waals surface area contributed by atoms with Crippen LogP contribution in [0, 0.1) is 0 Å². The first-order valence-corrected chi connectivity index (χ1v) is 8.04. The summed E-state index contributed by atoms with van der Waals surface area (Å²) < 4.78 is 20.9. The predicted octanol–water partition coefficient (Wildman–Crippen LogP) is 2.04. The number of halogens is 1. The summed E-state index contributed by atoms with van der Waals surface area (Å²) in [6.07, 6.45) is 0. The van der Waals surface area contributed by atoms with Crippen molar-refractivity contribution in [2.24, 2.45) is 4.99 Å². The van der Waals surface area contributed by atoms with Crippen LogP contribution in [-0.4, -0.2) is 60.2 Å². The summed E-state index contributed by atoms with van der Waals surface area (Å²) in [6.45, 7) is 5.85. The Morgan fingerprint density at radius 1 is 1.00 bits per heavy atom. The van der Waals surface area contributed by atoms with Crippen LogP contribution in [0.5, 0.6) is 11.5 Å². The van der Waals surface area contributed by atoms with Crippen LogP contribution in [0.15, 0.2) is 23.2 Å². The second-order valence-electron chi connectivity index (χ2n) is 4.92. The number of nitrogens with one attached hydrogen (secondary N) is 2. The highest BCUT2D eigenvalue weighted by molar-refractivity contribution is 14.0. The SMILES string of the molecule is CCNC(=NCc1ccc(OC)c(OC)c1)NCCOCCOC.I. The molecule has 0 aliphatic rings. The summed E-state index contributed by atoms with van der Waals surface area (Å²) in [6, 6.07) is 5.79. The molecule has 0 saturated heterocycles. The minimum absolute atomic E-state index is 0. The van der Waals surface area contributed by atoms with Crippen molar-refractivity contribution in [2.45, 2.75) is 13.5 Å². The molecule has 0 fully saturated rings. The molecule has 0 aromatic heterocycles. The van der Waals surface area contributed by atoms with Gasteiger partial charge in [0.15, 0.2) is 17.5 Å². The normalized spacial score (nSPS) is 10.8. The van der Waals surface area contributed by atoms with E-state index >= 15 is 0 Å². The summed E-state index contributed by atoms with van der Waals surface area (Å²) in [5, 5.41) is 6.44. The third-order valence-electron chi connectivity index (χ3n) is 3.18. The molecule has 8 heteroatoms. The zero-order valence-electron chi connectivity index (χ0n) is 15.5. The fourth-order valence-corrected chi connectivity index (χ4v) is 1.98. The van der Waals surface area contributed by atoms with Crippen LogP contribution in [-0.2, 0) is 16.0 Å². The van der Waals surface area contributed by atoms with Crippen molar-refractivity contribution in [1.82, 2.24) is 10.6 Å². The lowest BCUT2D eigenvalue weighted by molar-refractivity contribution is 0.0733. The molecule has 0 amide bonds. The third-order valence-corrected chi connectivity index (χ3v) is 3.18. The fourth-order valence-electron chi connectivity index (χ4n) is 1.98. The fraction of sp³-hybridized carbons (Fsp3) is 0.588. The molecule has 25 heavy (non-hydrogen) atoms.